The van der Waals surface area contributed by atoms with E-state index >= 15 is 0 Å². The van der Waals surface area contributed by atoms with Crippen LogP contribution in [-0.2, 0) is 9.53 Å². The van der Waals surface area contributed by atoms with Crippen molar-refractivity contribution in [3.05, 3.63) is 12.3 Å². The molecule has 1 unspecified atom stereocenters. The fraction of sp³-hybridized carbons (Fsp3) is 0.750. The average Bonchev–Trinajstić information content (AvgIpc) is 2.98. The molecule has 0 aromatic carbocycles. The zero-order valence-electron chi connectivity index (χ0n) is 13.9. The fourth-order valence-corrected chi connectivity index (χ4v) is 3.05. The highest BCUT2D eigenvalue weighted by molar-refractivity contribution is 5.94. The largest absolute Gasteiger partial charge is 0.379 e. The topological polar surface area (TPSA) is 59.4 Å². The summed E-state index contributed by atoms with van der Waals surface area (Å²) < 4.78 is 7.31. The van der Waals surface area contributed by atoms with Crippen molar-refractivity contribution in [1.82, 2.24) is 14.7 Å². The van der Waals surface area contributed by atoms with Gasteiger partial charge in [0, 0.05) is 19.2 Å². The summed E-state index contributed by atoms with van der Waals surface area (Å²) in [6, 6.07) is 2.10. The number of nitrogens with zero attached hydrogens (tertiary/aromatic N) is 3. The standard InChI is InChI=1S/C16H28N4O2/c1-4-13(5-2)20-15(7-8-17-20)18-16(21)14(6-3)19-9-11-22-12-10-19/h7-8,13-14H,4-6,9-12H2,1-3H3,(H,18,21). The SMILES string of the molecule is CCC(C(=O)Nc1ccnn1C(CC)CC)N1CCOCC1. The molecule has 1 aliphatic rings. The van der Waals surface area contributed by atoms with Crippen LogP contribution in [0.4, 0.5) is 5.82 Å². The average molecular weight is 308 g/mol. The summed E-state index contributed by atoms with van der Waals surface area (Å²) in [6.45, 7) is 9.38. The Bertz CT molecular complexity index is 464. The fourth-order valence-electron chi connectivity index (χ4n) is 3.05. The van der Waals surface area contributed by atoms with Gasteiger partial charge in [-0.15, -0.1) is 0 Å². The highest BCUT2D eigenvalue weighted by Crippen LogP contribution is 2.21. The Balaban J connectivity index is 2.05. The molecule has 1 amide bonds. The van der Waals surface area contributed by atoms with Gasteiger partial charge >= 0.3 is 0 Å². The molecule has 1 saturated heterocycles. The third-order valence-electron chi connectivity index (χ3n) is 4.39. The predicted molar refractivity (Wildman–Crippen MR) is 86.9 cm³/mol. The molecule has 1 aromatic rings. The van der Waals surface area contributed by atoms with Crippen molar-refractivity contribution in [3.63, 3.8) is 0 Å². The molecule has 0 bridgehead atoms. The Kier molecular flexibility index (Phi) is 6.39. The van der Waals surface area contributed by atoms with E-state index in [4.69, 9.17) is 4.74 Å². The van der Waals surface area contributed by atoms with Gasteiger partial charge in [-0.05, 0) is 19.3 Å². The number of hydrogen-bond donors (Lipinski definition) is 1. The molecule has 0 radical (unpaired) electrons. The lowest BCUT2D eigenvalue weighted by Crippen LogP contribution is -2.49. The molecule has 0 spiro atoms. The minimum Gasteiger partial charge on any atom is -0.379 e. The number of nitrogens with one attached hydrogen (secondary N) is 1. The second-order valence-electron chi connectivity index (χ2n) is 5.69. The Hall–Kier alpha value is -1.40. The van der Waals surface area contributed by atoms with Gasteiger partial charge in [-0.3, -0.25) is 9.69 Å². The number of hydrogen-bond acceptors (Lipinski definition) is 4. The Morgan fingerprint density at radius 2 is 1.95 bits per heavy atom. The lowest BCUT2D eigenvalue weighted by molar-refractivity contribution is -0.123. The van der Waals surface area contributed by atoms with Crippen LogP contribution in [0.3, 0.4) is 0 Å². The van der Waals surface area contributed by atoms with E-state index in [1.54, 1.807) is 6.20 Å². The van der Waals surface area contributed by atoms with E-state index in [-0.39, 0.29) is 11.9 Å². The van der Waals surface area contributed by atoms with Gasteiger partial charge in [0.15, 0.2) is 0 Å². The molecule has 2 rings (SSSR count). The lowest BCUT2D eigenvalue weighted by Gasteiger charge is -2.33. The quantitative estimate of drug-likeness (QED) is 0.839. The maximum absolute atomic E-state index is 12.7. The molecular formula is C16H28N4O2. The molecule has 1 N–H and O–H groups in total. The van der Waals surface area contributed by atoms with Crippen molar-refractivity contribution in [2.24, 2.45) is 0 Å². The van der Waals surface area contributed by atoms with Crippen LogP contribution < -0.4 is 5.32 Å². The summed E-state index contributed by atoms with van der Waals surface area (Å²) in [5.74, 6) is 0.850. The first-order valence-electron chi connectivity index (χ1n) is 8.37. The summed E-state index contributed by atoms with van der Waals surface area (Å²) in [7, 11) is 0. The highest BCUT2D eigenvalue weighted by Gasteiger charge is 2.26. The first kappa shape index (κ1) is 17.0. The van der Waals surface area contributed by atoms with Crippen LogP contribution in [0, 0.1) is 0 Å². The second-order valence-corrected chi connectivity index (χ2v) is 5.69. The van der Waals surface area contributed by atoms with Gasteiger partial charge in [-0.2, -0.15) is 5.10 Å². The molecule has 1 aliphatic heterocycles. The molecule has 1 aromatic heterocycles. The first-order valence-corrected chi connectivity index (χ1v) is 8.37. The zero-order chi connectivity index (χ0) is 15.9. The van der Waals surface area contributed by atoms with Gasteiger partial charge in [0.1, 0.15) is 5.82 Å². The number of amides is 1. The van der Waals surface area contributed by atoms with Crippen LogP contribution in [0.25, 0.3) is 0 Å². The Morgan fingerprint density at radius 1 is 1.27 bits per heavy atom. The molecular weight excluding hydrogens is 280 g/mol. The number of rotatable bonds is 7. The third-order valence-corrected chi connectivity index (χ3v) is 4.39. The predicted octanol–water partition coefficient (Wildman–Crippen LogP) is 2.29. The van der Waals surface area contributed by atoms with Crippen LogP contribution in [0.1, 0.15) is 46.1 Å². The van der Waals surface area contributed by atoms with Crippen molar-refractivity contribution in [1.29, 1.82) is 0 Å². The summed E-state index contributed by atoms with van der Waals surface area (Å²) >= 11 is 0. The molecule has 124 valence electrons. The van der Waals surface area contributed by atoms with Crippen LogP contribution in [0.5, 0.6) is 0 Å². The van der Waals surface area contributed by atoms with Gasteiger partial charge in [0.2, 0.25) is 5.91 Å². The van der Waals surface area contributed by atoms with E-state index in [1.165, 1.54) is 0 Å². The number of carbonyl (C=O) groups excluding carboxylic acids is 1. The Morgan fingerprint density at radius 3 is 2.55 bits per heavy atom. The Labute approximate surface area is 132 Å². The van der Waals surface area contributed by atoms with Gasteiger partial charge in [0.25, 0.3) is 0 Å². The maximum Gasteiger partial charge on any atom is 0.242 e. The van der Waals surface area contributed by atoms with E-state index in [2.05, 4.69) is 36.1 Å². The number of anilines is 1. The summed E-state index contributed by atoms with van der Waals surface area (Å²) in [5, 5.41) is 7.44. The van der Waals surface area contributed by atoms with Crippen LogP contribution in [-0.4, -0.2) is 52.9 Å². The van der Waals surface area contributed by atoms with Gasteiger partial charge < -0.3 is 10.1 Å². The summed E-state index contributed by atoms with van der Waals surface area (Å²) in [5.41, 5.74) is 0. The van der Waals surface area contributed by atoms with Crippen LogP contribution >= 0.6 is 0 Å². The number of morpholine rings is 1. The summed E-state index contributed by atoms with van der Waals surface area (Å²) in [6.07, 6.45) is 4.55. The van der Waals surface area contributed by atoms with E-state index in [0.717, 1.165) is 38.2 Å². The lowest BCUT2D eigenvalue weighted by atomic mass is 10.1. The molecule has 2 heterocycles. The molecule has 0 saturated carbocycles. The molecule has 6 nitrogen and oxygen atoms in total. The molecule has 1 atom stereocenters. The molecule has 6 heteroatoms. The van der Waals surface area contributed by atoms with Crippen molar-refractivity contribution >= 4 is 11.7 Å². The second kappa shape index (κ2) is 8.29. The smallest absolute Gasteiger partial charge is 0.242 e. The minimum atomic E-state index is -0.103. The molecule has 0 aliphatic carbocycles. The van der Waals surface area contributed by atoms with Crippen molar-refractivity contribution in [2.75, 3.05) is 31.6 Å². The van der Waals surface area contributed by atoms with Crippen molar-refractivity contribution < 1.29 is 9.53 Å². The molecule has 1 fully saturated rings. The normalized spacial score (nSPS) is 17.6. The maximum atomic E-state index is 12.7. The van der Waals surface area contributed by atoms with Crippen LogP contribution in [0.2, 0.25) is 0 Å². The van der Waals surface area contributed by atoms with Crippen molar-refractivity contribution in [3.8, 4) is 0 Å². The van der Waals surface area contributed by atoms with E-state index in [1.807, 2.05) is 10.7 Å². The van der Waals surface area contributed by atoms with E-state index < -0.39 is 0 Å². The summed E-state index contributed by atoms with van der Waals surface area (Å²) in [4.78, 5) is 14.9. The first-order chi connectivity index (χ1) is 10.7. The highest BCUT2D eigenvalue weighted by atomic mass is 16.5. The van der Waals surface area contributed by atoms with E-state index in [9.17, 15) is 4.79 Å². The van der Waals surface area contributed by atoms with E-state index in [0.29, 0.717) is 19.3 Å². The zero-order valence-corrected chi connectivity index (χ0v) is 13.9. The minimum absolute atomic E-state index is 0.0529. The van der Waals surface area contributed by atoms with Crippen LogP contribution in [0.15, 0.2) is 12.3 Å². The van der Waals surface area contributed by atoms with Gasteiger partial charge in [0.05, 0.1) is 31.5 Å². The number of aromatic nitrogens is 2. The van der Waals surface area contributed by atoms with Gasteiger partial charge in [-0.1, -0.05) is 20.8 Å². The third kappa shape index (κ3) is 3.87. The van der Waals surface area contributed by atoms with Crippen molar-refractivity contribution in [2.45, 2.75) is 52.1 Å². The number of carbonyl (C=O) groups is 1. The monoisotopic (exact) mass is 308 g/mol. The van der Waals surface area contributed by atoms with Gasteiger partial charge in [-0.25, -0.2) is 4.68 Å². The molecule has 22 heavy (non-hydrogen) atoms. The number of ether oxygens (including phenoxy) is 1.